The molecule has 4 nitrogen and oxygen atoms in total. The molecule has 1 atom stereocenters. The van der Waals surface area contributed by atoms with E-state index in [2.05, 4.69) is 0 Å². The van der Waals surface area contributed by atoms with Crippen molar-refractivity contribution in [2.45, 2.75) is 31.1 Å². The van der Waals surface area contributed by atoms with Crippen molar-refractivity contribution in [1.82, 2.24) is 0 Å². The van der Waals surface area contributed by atoms with E-state index in [9.17, 15) is 8.42 Å². The normalized spacial score (nSPS) is 13.3. The molecular weight excluding hydrogens is 276 g/mol. The average Bonchev–Trinajstić information content (AvgIpc) is 2.93. The molecule has 0 saturated heterocycles. The van der Waals surface area contributed by atoms with E-state index in [1.165, 1.54) is 0 Å². The van der Waals surface area contributed by atoms with E-state index in [1.54, 1.807) is 30.5 Å². The fourth-order valence-electron chi connectivity index (χ4n) is 1.82. The summed E-state index contributed by atoms with van der Waals surface area (Å²) < 4.78 is 34.3. The van der Waals surface area contributed by atoms with Crippen LogP contribution in [0, 0.1) is 6.92 Å². The molecule has 0 fully saturated rings. The van der Waals surface area contributed by atoms with Crippen LogP contribution < -0.4 is 0 Å². The third-order valence-corrected chi connectivity index (χ3v) is 4.45. The molecule has 0 N–H and O–H groups in total. The summed E-state index contributed by atoms with van der Waals surface area (Å²) in [6, 6.07) is 10.3. The van der Waals surface area contributed by atoms with Gasteiger partial charge in [-0.15, -0.1) is 0 Å². The standard InChI is InChI=1S/C15H18O4S/c1-12-5-7-14(8-6-12)20(16,17)19-11-9-13(2)15-4-3-10-18-15/h3-8,10,13H,9,11H2,1-2H3. The molecule has 2 aromatic rings. The Morgan fingerprint density at radius 3 is 2.50 bits per heavy atom. The molecule has 1 unspecified atom stereocenters. The Morgan fingerprint density at radius 2 is 1.90 bits per heavy atom. The SMILES string of the molecule is Cc1ccc(S(=O)(=O)OCCC(C)c2ccco2)cc1. The van der Waals surface area contributed by atoms with Gasteiger partial charge in [-0.3, -0.25) is 4.18 Å². The molecule has 108 valence electrons. The summed E-state index contributed by atoms with van der Waals surface area (Å²) in [7, 11) is -3.67. The van der Waals surface area contributed by atoms with Crippen molar-refractivity contribution in [3.05, 3.63) is 54.0 Å². The van der Waals surface area contributed by atoms with Gasteiger partial charge in [-0.2, -0.15) is 8.42 Å². The minimum atomic E-state index is -3.67. The van der Waals surface area contributed by atoms with Gasteiger partial charge in [0.1, 0.15) is 5.76 Å². The molecule has 2 rings (SSSR count). The zero-order valence-corrected chi connectivity index (χ0v) is 12.4. The first-order chi connectivity index (χ1) is 9.49. The fourth-order valence-corrected chi connectivity index (χ4v) is 2.74. The maximum atomic E-state index is 12.0. The van der Waals surface area contributed by atoms with Crippen LogP contribution >= 0.6 is 0 Å². The summed E-state index contributed by atoms with van der Waals surface area (Å²) in [4.78, 5) is 0.189. The minimum Gasteiger partial charge on any atom is -0.469 e. The largest absolute Gasteiger partial charge is 0.469 e. The van der Waals surface area contributed by atoms with Crippen molar-refractivity contribution < 1.29 is 17.0 Å². The fraction of sp³-hybridized carbons (Fsp3) is 0.333. The molecule has 0 bridgehead atoms. The van der Waals surface area contributed by atoms with Crippen molar-refractivity contribution in [3.63, 3.8) is 0 Å². The van der Waals surface area contributed by atoms with E-state index in [0.29, 0.717) is 6.42 Å². The summed E-state index contributed by atoms with van der Waals surface area (Å²) in [5.41, 5.74) is 1.01. The summed E-state index contributed by atoms with van der Waals surface area (Å²) in [5.74, 6) is 0.958. The first-order valence-electron chi connectivity index (χ1n) is 6.48. The van der Waals surface area contributed by atoms with E-state index >= 15 is 0 Å². The third-order valence-electron chi connectivity index (χ3n) is 3.13. The summed E-state index contributed by atoms with van der Waals surface area (Å²) in [6.45, 7) is 4.01. The lowest BCUT2D eigenvalue weighted by atomic mass is 10.1. The molecule has 0 spiro atoms. The van der Waals surface area contributed by atoms with Crippen LogP contribution in [0.5, 0.6) is 0 Å². The second-order valence-electron chi connectivity index (χ2n) is 4.79. The highest BCUT2D eigenvalue weighted by Crippen LogP contribution is 2.20. The van der Waals surface area contributed by atoms with Crippen LogP contribution in [-0.4, -0.2) is 15.0 Å². The first kappa shape index (κ1) is 14.8. The van der Waals surface area contributed by atoms with Crippen molar-refractivity contribution >= 4 is 10.1 Å². The molecule has 1 aromatic heterocycles. The molecule has 0 amide bonds. The van der Waals surface area contributed by atoms with E-state index in [0.717, 1.165) is 11.3 Å². The Bertz CT molecular complexity index is 627. The number of furan rings is 1. The molecule has 20 heavy (non-hydrogen) atoms. The minimum absolute atomic E-state index is 0.123. The highest BCUT2D eigenvalue weighted by Gasteiger charge is 2.16. The van der Waals surface area contributed by atoms with Crippen LogP contribution in [0.1, 0.15) is 30.6 Å². The van der Waals surface area contributed by atoms with Gasteiger partial charge < -0.3 is 4.42 Å². The molecule has 0 saturated carbocycles. The predicted molar refractivity (Wildman–Crippen MR) is 76.1 cm³/mol. The topological polar surface area (TPSA) is 56.5 Å². The molecule has 0 aliphatic rings. The van der Waals surface area contributed by atoms with E-state index in [4.69, 9.17) is 8.60 Å². The zero-order chi connectivity index (χ0) is 14.6. The van der Waals surface area contributed by atoms with Crippen molar-refractivity contribution in [3.8, 4) is 0 Å². The van der Waals surface area contributed by atoms with Crippen molar-refractivity contribution in [2.75, 3.05) is 6.61 Å². The van der Waals surface area contributed by atoms with Gasteiger partial charge in [-0.1, -0.05) is 24.6 Å². The molecular formula is C15H18O4S. The van der Waals surface area contributed by atoms with Crippen molar-refractivity contribution in [1.29, 1.82) is 0 Å². The summed E-state index contributed by atoms with van der Waals surface area (Å²) in [6.07, 6.45) is 2.19. The quantitative estimate of drug-likeness (QED) is 0.765. The first-order valence-corrected chi connectivity index (χ1v) is 7.89. The molecule has 0 aliphatic carbocycles. The summed E-state index contributed by atoms with van der Waals surface area (Å²) >= 11 is 0. The lowest BCUT2D eigenvalue weighted by Gasteiger charge is -2.09. The lowest BCUT2D eigenvalue weighted by Crippen LogP contribution is -2.09. The molecule has 5 heteroatoms. The number of benzene rings is 1. The van der Waals surface area contributed by atoms with Gasteiger partial charge in [0, 0.05) is 5.92 Å². The van der Waals surface area contributed by atoms with Crippen LogP contribution in [0.4, 0.5) is 0 Å². The van der Waals surface area contributed by atoms with E-state index in [-0.39, 0.29) is 17.4 Å². The summed E-state index contributed by atoms with van der Waals surface area (Å²) in [5, 5.41) is 0. The molecule has 1 aromatic carbocycles. The van der Waals surface area contributed by atoms with Gasteiger partial charge in [0.15, 0.2) is 0 Å². The monoisotopic (exact) mass is 294 g/mol. The maximum absolute atomic E-state index is 12.0. The van der Waals surface area contributed by atoms with Gasteiger partial charge >= 0.3 is 0 Å². The molecule has 0 aliphatic heterocycles. The maximum Gasteiger partial charge on any atom is 0.296 e. The Labute approximate surface area is 119 Å². The van der Waals surface area contributed by atoms with Gasteiger partial charge in [0.2, 0.25) is 0 Å². The molecule has 1 heterocycles. The number of hydrogen-bond donors (Lipinski definition) is 0. The molecule has 0 radical (unpaired) electrons. The zero-order valence-electron chi connectivity index (χ0n) is 11.6. The lowest BCUT2D eigenvalue weighted by molar-refractivity contribution is 0.295. The van der Waals surface area contributed by atoms with Crippen LogP contribution in [0.25, 0.3) is 0 Å². The van der Waals surface area contributed by atoms with Crippen LogP contribution in [0.15, 0.2) is 52.0 Å². The van der Waals surface area contributed by atoms with Crippen molar-refractivity contribution in [2.24, 2.45) is 0 Å². The second kappa shape index (κ2) is 6.24. The Hall–Kier alpha value is -1.59. The van der Waals surface area contributed by atoms with Gasteiger partial charge in [0.25, 0.3) is 10.1 Å². The van der Waals surface area contributed by atoms with E-state index < -0.39 is 10.1 Å². The highest BCUT2D eigenvalue weighted by atomic mass is 32.2. The number of rotatable bonds is 6. The van der Waals surface area contributed by atoms with Crippen LogP contribution in [0.3, 0.4) is 0 Å². The Kier molecular flexibility index (Phi) is 4.62. The van der Waals surface area contributed by atoms with Crippen LogP contribution in [0.2, 0.25) is 0 Å². The number of hydrogen-bond acceptors (Lipinski definition) is 4. The average molecular weight is 294 g/mol. The highest BCUT2D eigenvalue weighted by molar-refractivity contribution is 7.86. The number of aryl methyl sites for hydroxylation is 1. The van der Waals surface area contributed by atoms with Gasteiger partial charge in [0.05, 0.1) is 17.8 Å². The van der Waals surface area contributed by atoms with Gasteiger partial charge in [-0.05, 0) is 37.6 Å². The predicted octanol–water partition coefficient (Wildman–Crippen LogP) is 3.49. The van der Waals surface area contributed by atoms with E-state index in [1.807, 2.05) is 26.0 Å². The van der Waals surface area contributed by atoms with Gasteiger partial charge in [-0.25, -0.2) is 0 Å². The smallest absolute Gasteiger partial charge is 0.296 e. The Morgan fingerprint density at radius 1 is 1.20 bits per heavy atom. The second-order valence-corrected chi connectivity index (χ2v) is 6.41. The third kappa shape index (κ3) is 3.71. The Balaban J connectivity index is 1.91. The van der Waals surface area contributed by atoms with Crippen LogP contribution in [-0.2, 0) is 14.3 Å².